The number of fused-ring (bicyclic) bond motifs is 1. The number of hydrogen-bond donors (Lipinski definition) is 2. The number of alkyl halides is 4. The van der Waals surface area contributed by atoms with Gasteiger partial charge in [-0.25, -0.2) is 27.1 Å². The Kier molecular flexibility index (Phi) is 7.15. The maximum Gasteiger partial charge on any atom is 0.248 e. The average molecular weight is 524 g/mol. The quantitative estimate of drug-likeness (QED) is 0.430. The van der Waals surface area contributed by atoms with Crippen LogP contribution in [-0.2, 0) is 9.59 Å². The number of rotatable bonds is 10. The summed E-state index contributed by atoms with van der Waals surface area (Å²) in [5.74, 6) is -4.89. The fourth-order valence-corrected chi connectivity index (χ4v) is 5.49. The highest BCUT2D eigenvalue weighted by Gasteiger charge is 2.50. The van der Waals surface area contributed by atoms with Gasteiger partial charge in [0.25, 0.3) is 0 Å². The summed E-state index contributed by atoms with van der Waals surface area (Å²) >= 11 is 0. The highest BCUT2D eigenvalue weighted by Crippen LogP contribution is 2.46. The van der Waals surface area contributed by atoms with Crippen LogP contribution in [0.3, 0.4) is 0 Å². The van der Waals surface area contributed by atoms with Crippen molar-refractivity contribution < 1.29 is 27.2 Å². The van der Waals surface area contributed by atoms with Gasteiger partial charge in [-0.2, -0.15) is 5.10 Å². The van der Waals surface area contributed by atoms with Crippen molar-refractivity contribution in [3.8, 4) is 0 Å². The number of amides is 2. The molecule has 0 unspecified atom stereocenters. The van der Waals surface area contributed by atoms with Crippen molar-refractivity contribution in [2.24, 2.45) is 23.7 Å². The van der Waals surface area contributed by atoms with Crippen LogP contribution >= 0.6 is 0 Å². The molecule has 202 valence electrons. The van der Waals surface area contributed by atoms with Crippen LogP contribution in [0.15, 0.2) is 18.5 Å². The number of carbonyl (C=O) groups excluding carboxylic acids is 2. The molecular formula is C26H33F4N5O2. The Morgan fingerprint density at radius 2 is 1.81 bits per heavy atom. The van der Waals surface area contributed by atoms with Gasteiger partial charge in [-0.1, -0.05) is 6.92 Å². The first-order valence-electron chi connectivity index (χ1n) is 13.3. The SMILES string of the molecule is CCCC(=O)N[C@@H](c1cnn2cc([C@@H](NC(=O)[C@@H]3C[C@@H]3C(F)F)C3CCC(F)(F)CC3)nc2c1)C1CC1. The lowest BCUT2D eigenvalue weighted by molar-refractivity contribution is -0.125. The number of imidazole rings is 1. The van der Waals surface area contributed by atoms with Crippen LogP contribution in [0.25, 0.3) is 5.65 Å². The zero-order valence-corrected chi connectivity index (χ0v) is 20.8. The summed E-state index contributed by atoms with van der Waals surface area (Å²) in [6.45, 7) is 1.95. The first-order valence-corrected chi connectivity index (χ1v) is 13.3. The second-order valence-corrected chi connectivity index (χ2v) is 10.9. The molecule has 0 radical (unpaired) electrons. The summed E-state index contributed by atoms with van der Waals surface area (Å²) in [6, 6.07) is 1.03. The minimum Gasteiger partial charge on any atom is -0.349 e. The van der Waals surface area contributed by atoms with Crippen LogP contribution in [0.4, 0.5) is 17.6 Å². The normalized spacial score (nSPS) is 25.1. The third-order valence-corrected chi connectivity index (χ3v) is 7.96. The van der Waals surface area contributed by atoms with Crippen LogP contribution in [-0.4, -0.2) is 38.8 Å². The summed E-state index contributed by atoms with van der Waals surface area (Å²) in [4.78, 5) is 29.7. The molecule has 3 saturated carbocycles. The summed E-state index contributed by atoms with van der Waals surface area (Å²) in [6.07, 6.45) is 3.97. The van der Waals surface area contributed by atoms with Gasteiger partial charge in [-0.3, -0.25) is 9.59 Å². The van der Waals surface area contributed by atoms with Crippen molar-refractivity contribution in [1.82, 2.24) is 25.2 Å². The van der Waals surface area contributed by atoms with E-state index in [0.717, 1.165) is 24.8 Å². The number of nitrogens with one attached hydrogen (secondary N) is 2. The number of carbonyl (C=O) groups is 2. The minimum atomic E-state index is -2.74. The Labute approximate surface area is 212 Å². The summed E-state index contributed by atoms with van der Waals surface area (Å²) in [5, 5.41) is 10.4. The van der Waals surface area contributed by atoms with E-state index >= 15 is 0 Å². The van der Waals surface area contributed by atoms with E-state index in [4.69, 9.17) is 0 Å². The van der Waals surface area contributed by atoms with Crippen molar-refractivity contribution in [1.29, 1.82) is 0 Å². The lowest BCUT2D eigenvalue weighted by Crippen LogP contribution is -2.38. The van der Waals surface area contributed by atoms with Crippen molar-refractivity contribution >= 4 is 17.5 Å². The Hall–Kier alpha value is -2.72. The molecule has 0 spiro atoms. The van der Waals surface area contributed by atoms with Crippen LogP contribution in [0.1, 0.15) is 88.1 Å². The highest BCUT2D eigenvalue weighted by atomic mass is 19.3. The smallest absolute Gasteiger partial charge is 0.248 e. The molecule has 2 heterocycles. The fourth-order valence-electron chi connectivity index (χ4n) is 5.49. The number of halogens is 4. The number of nitrogens with zero attached hydrogens (tertiary/aromatic N) is 3. The highest BCUT2D eigenvalue weighted by molar-refractivity contribution is 5.82. The lowest BCUT2D eigenvalue weighted by Gasteiger charge is -2.33. The predicted octanol–water partition coefficient (Wildman–Crippen LogP) is 4.98. The summed E-state index contributed by atoms with van der Waals surface area (Å²) in [7, 11) is 0. The maximum atomic E-state index is 13.9. The molecule has 2 aromatic rings. The van der Waals surface area contributed by atoms with Crippen LogP contribution in [0.2, 0.25) is 0 Å². The van der Waals surface area contributed by atoms with Crippen LogP contribution in [0.5, 0.6) is 0 Å². The summed E-state index contributed by atoms with van der Waals surface area (Å²) < 4.78 is 55.3. The first-order chi connectivity index (χ1) is 17.6. The Balaban J connectivity index is 1.39. The Morgan fingerprint density at radius 3 is 2.43 bits per heavy atom. The van der Waals surface area contributed by atoms with Gasteiger partial charge in [0, 0.05) is 31.1 Å². The van der Waals surface area contributed by atoms with Crippen molar-refractivity contribution in [2.75, 3.05) is 0 Å². The molecule has 3 aliphatic carbocycles. The van der Waals surface area contributed by atoms with E-state index in [1.54, 1.807) is 16.9 Å². The second-order valence-electron chi connectivity index (χ2n) is 10.9. The molecule has 11 heteroatoms. The van der Waals surface area contributed by atoms with E-state index in [-0.39, 0.29) is 50.0 Å². The van der Waals surface area contributed by atoms with E-state index in [0.29, 0.717) is 23.7 Å². The molecule has 3 fully saturated rings. The van der Waals surface area contributed by atoms with E-state index in [2.05, 4.69) is 20.7 Å². The van der Waals surface area contributed by atoms with Gasteiger partial charge in [0.2, 0.25) is 24.2 Å². The van der Waals surface area contributed by atoms with Crippen LogP contribution < -0.4 is 10.6 Å². The van der Waals surface area contributed by atoms with Gasteiger partial charge in [-0.15, -0.1) is 0 Å². The topological polar surface area (TPSA) is 88.4 Å². The summed E-state index contributed by atoms with van der Waals surface area (Å²) in [5.41, 5.74) is 1.83. The molecule has 0 bridgehead atoms. The Bertz CT molecular complexity index is 1140. The number of aromatic nitrogens is 3. The maximum absolute atomic E-state index is 13.9. The third kappa shape index (κ3) is 5.90. The Morgan fingerprint density at radius 1 is 1.11 bits per heavy atom. The van der Waals surface area contributed by atoms with Gasteiger partial charge < -0.3 is 10.6 Å². The van der Waals surface area contributed by atoms with Gasteiger partial charge in [0.1, 0.15) is 0 Å². The molecule has 4 atom stereocenters. The van der Waals surface area contributed by atoms with Crippen molar-refractivity contribution in [3.05, 3.63) is 29.7 Å². The average Bonchev–Trinajstić information content (AvgIpc) is 3.77. The molecule has 3 aliphatic rings. The van der Waals surface area contributed by atoms with E-state index in [9.17, 15) is 27.2 Å². The minimum absolute atomic E-state index is 0.0117. The molecule has 7 nitrogen and oxygen atoms in total. The van der Waals surface area contributed by atoms with Gasteiger partial charge in [0.05, 0.1) is 30.2 Å². The molecular weight excluding hydrogens is 490 g/mol. The van der Waals surface area contributed by atoms with Crippen LogP contribution in [0, 0.1) is 23.7 Å². The third-order valence-electron chi connectivity index (χ3n) is 7.96. The van der Waals surface area contributed by atoms with Crippen molar-refractivity contribution in [2.45, 2.75) is 89.1 Å². The molecule has 0 aliphatic heterocycles. The van der Waals surface area contributed by atoms with Crippen molar-refractivity contribution in [3.63, 3.8) is 0 Å². The molecule has 2 amide bonds. The molecule has 0 saturated heterocycles. The monoisotopic (exact) mass is 523 g/mol. The second kappa shape index (κ2) is 10.2. The fraction of sp³-hybridized carbons (Fsp3) is 0.692. The number of hydrogen-bond acceptors (Lipinski definition) is 4. The molecule has 2 aromatic heterocycles. The zero-order chi connectivity index (χ0) is 26.3. The molecule has 37 heavy (non-hydrogen) atoms. The van der Waals surface area contributed by atoms with Gasteiger partial charge in [-0.05, 0) is 62.0 Å². The van der Waals surface area contributed by atoms with Gasteiger partial charge in [0.15, 0.2) is 5.65 Å². The van der Waals surface area contributed by atoms with Gasteiger partial charge >= 0.3 is 0 Å². The lowest BCUT2D eigenvalue weighted by atomic mass is 9.81. The van der Waals surface area contributed by atoms with E-state index in [1.807, 2.05) is 13.0 Å². The first kappa shape index (κ1) is 25.9. The molecule has 5 rings (SSSR count). The predicted molar refractivity (Wildman–Crippen MR) is 127 cm³/mol. The zero-order valence-electron chi connectivity index (χ0n) is 20.8. The molecule has 0 aromatic carbocycles. The standard InChI is InChI=1S/C26H33F4N5O2/c1-2-3-21(36)33-22(14-4-5-14)16-10-20-32-19(13-35(20)31-12-16)23(15-6-8-26(29,30)9-7-15)34-25(37)18-11-17(18)24(27)28/h10,12-15,17-18,22-24H,2-9,11H2,1H3,(H,33,36)(H,34,37)/t17-,18+,22+,23-/m0/s1. The molecule has 2 N–H and O–H groups in total. The van der Waals surface area contributed by atoms with E-state index in [1.165, 1.54) is 0 Å². The van der Waals surface area contributed by atoms with E-state index < -0.39 is 36.1 Å². The largest absolute Gasteiger partial charge is 0.349 e.